The summed E-state index contributed by atoms with van der Waals surface area (Å²) < 4.78 is 6.98. The maximum atomic E-state index is 13.2. The molecule has 6 nitrogen and oxygen atoms in total. The zero-order valence-corrected chi connectivity index (χ0v) is 19.3. The van der Waals surface area contributed by atoms with Crippen molar-refractivity contribution in [2.45, 2.75) is 30.4 Å². The predicted molar refractivity (Wildman–Crippen MR) is 127 cm³/mol. The number of rotatable bonds is 7. The highest BCUT2D eigenvalue weighted by molar-refractivity contribution is 8.00. The first-order chi connectivity index (χ1) is 15.4. The van der Waals surface area contributed by atoms with Gasteiger partial charge < -0.3 is 9.32 Å². The van der Waals surface area contributed by atoms with Gasteiger partial charge in [-0.25, -0.2) is 4.98 Å². The van der Waals surface area contributed by atoms with Gasteiger partial charge in [-0.3, -0.25) is 14.2 Å². The van der Waals surface area contributed by atoms with Crippen molar-refractivity contribution < 1.29 is 9.21 Å². The molecule has 0 bridgehead atoms. The highest BCUT2D eigenvalue weighted by atomic mass is 35.5. The van der Waals surface area contributed by atoms with Crippen LogP contribution in [0.5, 0.6) is 0 Å². The Hall–Kier alpha value is -3.03. The number of furan rings is 1. The van der Waals surface area contributed by atoms with Crippen LogP contribution < -0.4 is 5.56 Å². The molecule has 1 atom stereocenters. The van der Waals surface area contributed by atoms with Gasteiger partial charge in [0.15, 0.2) is 5.16 Å². The number of thioether (sulfide) groups is 1. The number of hydrogen-bond donors (Lipinski definition) is 0. The van der Waals surface area contributed by atoms with Crippen molar-refractivity contribution in [1.82, 2.24) is 14.5 Å². The second kappa shape index (κ2) is 9.63. The molecule has 0 fully saturated rings. The van der Waals surface area contributed by atoms with Gasteiger partial charge in [0.2, 0.25) is 5.91 Å². The zero-order chi connectivity index (χ0) is 22.7. The Kier molecular flexibility index (Phi) is 6.67. The van der Waals surface area contributed by atoms with Gasteiger partial charge in [0.25, 0.3) is 5.56 Å². The molecule has 32 heavy (non-hydrogen) atoms. The molecule has 1 unspecified atom stereocenters. The fourth-order valence-corrected chi connectivity index (χ4v) is 4.60. The van der Waals surface area contributed by atoms with Crippen molar-refractivity contribution >= 4 is 40.2 Å². The average molecular weight is 468 g/mol. The quantitative estimate of drug-likeness (QED) is 0.287. The molecule has 0 aliphatic heterocycles. The number of carbonyl (C=O) groups excluding carboxylic acids is 1. The Balaban J connectivity index is 1.64. The van der Waals surface area contributed by atoms with E-state index >= 15 is 0 Å². The van der Waals surface area contributed by atoms with Crippen molar-refractivity contribution in [2.24, 2.45) is 0 Å². The number of halogens is 1. The summed E-state index contributed by atoms with van der Waals surface area (Å²) in [7, 11) is 1.77. The molecular formula is C24H22ClN3O3S. The minimum atomic E-state index is -0.449. The number of nitrogens with zero attached hydrogens (tertiary/aromatic N) is 3. The van der Waals surface area contributed by atoms with E-state index in [4.69, 9.17) is 16.0 Å². The minimum Gasteiger partial charge on any atom is -0.467 e. The molecule has 0 saturated carbocycles. The molecule has 164 valence electrons. The molecule has 2 aromatic heterocycles. The van der Waals surface area contributed by atoms with E-state index in [0.29, 0.717) is 33.4 Å². The highest BCUT2D eigenvalue weighted by Crippen LogP contribution is 2.26. The third-order valence-corrected chi connectivity index (χ3v) is 6.36. The summed E-state index contributed by atoms with van der Waals surface area (Å²) in [6, 6.07) is 18.4. The lowest BCUT2D eigenvalue weighted by molar-refractivity contribution is -0.129. The minimum absolute atomic E-state index is 0.0520. The van der Waals surface area contributed by atoms with E-state index in [9.17, 15) is 9.59 Å². The van der Waals surface area contributed by atoms with Gasteiger partial charge in [-0.2, -0.15) is 0 Å². The van der Waals surface area contributed by atoms with Crippen LogP contribution in [0.25, 0.3) is 10.9 Å². The van der Waals surface area contributed by atoms with E-state index in [0.717, 1.165) is 5.56 Å². The fraction of sp³-hybridized carbons (Fsp3) is 0.208. The van der Waals surface area contributed by atoms with Crippen molar-refractivity contribution in [3.63, 3.8) is 0 Å². The van der Waals surface area contributed by atoms with Crippen LogP contribution in [-0.2, 0) is 17.9 Å². The largest absolute Gasteiger partial charge is 0.467 e. The summed E-state index contributed by atoms with van der Waals surface area (Å²) in [6.07, 6.45) is 1.56. The second-order valence-corrected chi connectivity index (χ2v) is 9.21. The topological polar surface area (TPSA) is 68.3 Å². The van der Waals surface area contributed by atoms with Gasteiger partial charge in [0.1, 0.15) is 5.76 Å². The van der Waals surface area contributed by atoms with Crippen molar-refractivity contribution in [3.8, 4) is 0 Å². The maximum absolute atomic E-state index is 13.2. The van der Waals surface area contributed by atoms with Crippen LogP contribution >= 0.6 is 23.4 Å². The Morgan fingerprint density at radius 2 is 1.97 bits per heavy atom. The monoisotopic (exact) mass is 467 g/mol. The molecule has 8 heteroatoms. The average Bonchev–Trinajstić information content (AvgIpc) is 3.29. The molecular weight excluding hydrogens is 446 g/mol. The first-order valence-electron chi connectivity index (χ1n) is 10.1. The van der Waals surface area contributed by atoms with Crippen molar-refractivity contribution in [3.05, 3.63) is 93.6 Å². The van der Waals surface area contributed by atoms with Crippen LogP contribution in [-0.4, -0.2) is 32.7 Å². The van der Waals surface area contributed by atoms with Crippen molar-refractivity contribution in [1.29, 1.82) is 0 Å². The third kappa shape index (κ3) is 4.89. The molecule has 0 radical (unpaired) electrons. The van der Waals surface area contributed by atoms with Crippen LogP contribution in [0.2, 0.25) is 5.02 Å². The maximum Gasteiger partial charge on any atom is 0.262 e. The van der Waals surface area contributed by atoms with E-state index in [1.807, 2.05) is 37.3 Å². The molecule has 4 aromatic rings. The summed E-state index contributed by atoms with van der Waals surface area (Å²) >= 11 is 7.37. The lowest BCUT2D eigenvalue weighted by Gasteiger charge is -2.22. The van der Waals surface area contributed by atoms with Gasteiger partial charge in [-0.1, -0.05) is 53.7 Å². The number of benzene rings is 2. The standard InChI is InChI=1S/C24H22ClN3O3S/c1-16(22(29)27(2)14-17-7-4-3-5-8-17)32-24-26-21-13-18(25)10-11-20(21)23(30)28(24)15-19-9-6-12-31-19/h3-13,16H,14-15H2,1-2H3. The number of carbonyl (C=O) groups is 1. The second-order valence-electron chi connectivity index (χ2n) is 7.47. The van der Waals surface area contributed by atoms with Crippen LogP contribution in [0, 0.1) is 0 Å². The van der Waals surface area contributed by atoms with E-state index in [2.05, 4.69) is 4.98 Å². The van der Waals surface area contributed by atoms with Crippen molar-refractivity contribution in [2.75, 3.05) is 7.05 Å². The molecule has 0 saturated heterocycles. The van der Waals surface area contributed by atoms with Crippen LogP contribution in [0.4, 0.5) is 0 Å². The molecule has 2 aromatic carbocycles. The van der Waals surface area contributed by atoms with E-state index in [-0.39, 0.29) is 18.0 Å². The first-order valence-corrected chi connectivity index (χ1v) is 11.4. The smallest absolute Gasteiger partial charge is 0.262 e. The number of fused-ring (bicyclic) bond motifs is 1. The van der Waals surface area contributed by atoms with Gasteiger partial charge in [-0.05, 0) is 42.8 Å². The van der Waals surface area contributed by atoms with Crippen LogP contribution in [0.15, 0.2) is 81.3 Å². The zero-order valence-electron chi connectivity index (χ0n) is 17.7. The first kappa shape index (κ1) is 22.2. The Morgan fingerprint density at radius 3 is 2.69 bits per heavy atom. The van der Waals surface area contributed by atoms with E-state index < -0.39 is 5.25 Å². The van der Waals surface area contributed by atoms with Gasteiger partial charge in [-0.15, -0.1) is 0 Å². The van der Waals surface area contributed by atoms with Gasteiger partial charge in [0, 0.05) is 18.6 Å². The predicted octanol–water partition coefficient (Wildman–Crippen LogP) is 4.83. The number of aromatic nitrogens is 2. The Bertz CT molecular complexity index is 1290. The molecule has 0 N–H and O–H groups in total. The Morgan fingerprint density at radius 1 is 1.19 bits per heavy atom. The van der Waals surface area contributed by atoms with Crippen LogP contribution in [0.1, 0.15) is 18.2 Å². The molecule has 0 aliphatic rings. The summed E-state index contributed by atoms with van der Waals surface area (Å²) in [4.78, 5) is 32.6. The number of amides is 1. The molecule has 4 rings (SSSR count). The fourth-order valence-electron chi connectivity index (χ4n) is 3.42. The highest BCUT2D eigenvalue weighted by Gasteiger charge is 2.23. The normalized spacial score (nSPS) is 12.1. The summed E-state index contributed by atoms with van der Waals surface area (Å²) in [6.45, 7) is 2.55. The Labute approximate surface area is 194 Å². The SMILES string of the molecule is CC(Sc1nc2cc(Cl)ccc2c(=O)n1Cc1ccco1)C(=O)N(C)Cc1ccccc1. The van der Waals surface area contributed by atoms with Gasteiger partial charge >= 0.3 is 0 Å². The van der Waals surface area contributed by atoms with Crippen LogP contribution in [0.3, 0.4) is 0 Å². The molecule has 2 heterocycles. The number of hydrogen-bond acceptors (Lipinski definition) is 5. The summed E-state index contributed by atoms with van der Waals surface area (Å²) in [5.74, 6) is 0.577. The van der Waals surface area contributed by atoms with E-state index in [1.54, 1.807) is 53.1 Å². The third-order valence-electron chi connectivity index (χ3n) is 5.05. The van der Waals surface area contributed by atoms with E-state index in [1.165, 1.54) is 11.8 Å². The molecule has 0 spiro atoms. The summed E-state index contributed by atoms with van der Waals surface area (Å²) in [5, 5.41) is 0.951. The molecule has 1 amide bonds. The lowest BCUT2D eigenvalue weighted by Crippen LogP contribution is -2.33. The summed E-state index contributed by atoms with van der Waals surface area (Å²) in [5.41, 5.74) is 1.34. The van der Waals surface area contributed by atoms with Gasteiger partial charge in [0.05, 0.1) is 29.0 Å². The molecule has 0 aliphatic carbocycles. The lowest BCUT2D eigenvalue weighted by atomic mass is 10.2.